The number of carboxylic acids is 1. The van der Waals surface area contributed by atoms with E-state index in [-0.39, 0.29) is 19.2 Å². The lowest BCUT2D eigenvalue weighted by Gasteiger charge is -2.19. The van der Waals surface area contributed by atoms with Gasteiger partial charge < -0.3 is 9.84 Å². The molecule has 0 unspecified atom stereocenters. The molecule has 0 bridgehead atoms. The maximum atomic E-state index is 11.6. The summed E-state index contributed by atoms with van der Waals surface area (Å²) < 4.78 is 4.97. The van der Waals surface area contributed by atoms with E-state index in [0.29, 0.717) is 0 Å². The summed E-state index contributed by atoms with van der Waals surface area (Å²) in [4.78, 5) is 23.7. The first-order valence-corrected chi connectivity index (χ1v) is 6.29. The van der Waals surface area contributed by atoms with Crippen LogP contribution >= 0.6 is 0 Å². The lowest BCUT2D eigenvalue weighted by Crippen LogP contribution is -2.32. The predicted octanol–water partition coefficient (Wildman–Crippen LogP) is 2.42. The molecule has 0 radical (unpaired) electrons. The van der Waals surface area contributed by atoms with Gasteiger partial charge >= 0.3 is 12.1 Å². The molecular formula is C15H13NO4. The molecule has 5 nitrogen and oxygen atoms in total. The number of carbonyl (C=O) groups is 2. The van der Waals surface area contributed by atoms with E-state index in [0.717, 1.165) is 16.3 Å². The minimum absolute atomic E-state index is 0.185. The second-order valence-electron chi connectivity index (χ2n) is 4.72. The number of benzene rings is 2. The van der Waals surface area contributed by atoms with Gasteiger partial charge in [-0.1, -0.05) is 36.4 Å². The number of hydrogen-bond donors (Lipinski definition) is 1. The van der Waals surface area contributed by atoms with Gasteiger partial charge in [-0.05, 0) is 22.4 Å². The molecule has 0 saturated carbocycles. The van der Waals surface area contributed by atoms with E-state index in [9.17, 15) is 9.59 Å². The van der Waals surface area contributed by atoms with E-state index in [1.807, 2.05) is 42.5 Å². The van der Waals surface area contributed by atoms with Gasteiger partial charge in [-0.2, -0.15) is 0 Å². The van der Waals surface area contributed by atoms with Crippen molar-refractivity contribution in [3.05, 3.63) is 48.0 Å². The topological polar surface area (TPSA) is 66.8 Å². The highest BCUT2D eigenvalue weighted by molar-refractivity contribution is 5.84. The summed E-state index contributed by atoms with van der Waals surface area (Å²) in [5, 5.41) is 11.0. The highest BCUT2D eigenvalue weighted by Gasteiger charge is 2.35. The van der Waals surface area contributed by atoms with Crippen LogP contribution in [0.15, 0.2) is 42.5 Å². The number of carbonyl (C=O) groups excluding carboxylic acids is 1. The Morgan fingerprint density at radius 2 is 2.00 bits per heavy atom. The molecule has 1 N–H and O–H groups in total. The first-order chi connectivity index (χ1) is 9.65. The second kappa shape index (κ2) is 4.85. The van der Waals surface area contributed by atoms with Gasteiger partial charge in [0, 0.05) is 0 Å². The lowest BCUT2D eigenvalue weighted by molar-refractivity contribution is -0.137. The first-order valence-electron chi connectivity index (χ1n) is 6.29. The number of carboxylic acid groups (broad SMARTS) is 1. The molecule has 0 spiro atoms. The average molecular weight is 271 g/mol. The number of aliphatic carboxylic acids is 1. The largest absolute Gasteiger partial charge is 0.480 e. The summed E-state index contributed by atoms with van der Waals surface area (Å²) >= 11 is 0. The zero-order chi connectivity index (χ0) is 14.1. The minimum Gasteiger partial charge on any atom is -0.480 e. The van der Waals surface area contributed by atoms with E-state index in [2.05, 4.69) is 0 Å². The molecular weight excluding hydrogens is 258 g/mol. The summed E-state index contributed by atoms with van der Waals surface area (Å²) in [6.45, 7) is -0.166. The van der Waals surface area contributed by atoms with Gasteiger partial charge in [0.2, 0.25) is 0 Å². The third kappa shape index (κ3) is 2.18. The molecule has 1 heterocycles. The highest BCUT2D eigenvalue weighted by Crippen LogP contribution is 2.29. The van der Waals surface area contributed by atoms with Crippen molar-refractivity contribution in [1.82, 2.24) is 4.90 Å². The minimum atomic E-state index is -1.05. The van der Waals surface area contributed by atoms with Crippen molar-refractivity contribution < 1.29 is 19.4 Å². The fourth-order valence-corrected chi connectivity index (χ4v) is 2.46. The van der Waals surface area contributed by atoms with Crippen molar-refractivity contribution in [2.75, 3.05) is 13.2 Å². The summed E-state index contributed by atoms with van der Waals surface area (Å²) in [6, 6.07) is 13.4. The van der Waals surface area contributed by atoms with E-state index >= 15 is 0 Å². The summed E-state index contributed by atoms with van der Waals surface area (Å²) in [5.41, 5.74) is 0.885. The molecule has 1 aliphatic heterocycles. The van der Waals surface area contributed by atoms with Crippen LogP contribution in [0.2, 0.25) is 0 Å². The van der Waals surface area contributed by atoms with Crippen LogP contribution < -0.4 is 0 Å². The Hall–Kier alpha value is -2.56. The Morgan fingerprint density at radius 3 is 2.75 bits per heavy atom. The van der Waals surface area contributed by atoms with Crippen LogP contribution in [-0.4, -0.2) is 35.2 Å². The molecule has 2 aromatic rings. The highest BCUT2D eigenvalue weighted by atomic mass is 16.6. The molecule has 2 aromatic carbocycles. The second-order valence-corrected chi connectivity index (χ2v) is 4.72. The molecule has 102 valence electrons. The number of ether oxygens (including phenoxy) is 1. The van der Waals surface area contributed by atoms with Gasteiger partial charge in [-0.3, -0.25) is 9.69 Å². The maximum Gasteiger partial charge on any atom is 0.411 e. The summed E-state index contributed by atoms with van der Waals surface area (Å²) in [7, 11) is 0. The SMILES string of the molecule is O=C(O)CN1C(=O)OC[C@@H]1c1ccc2ccccc2c1. The fourth-order valence-electron chi connectivity index (χ4n) is 2.46. The van der Waals surface area contributed by atoms with Gasteiger partial charge in [0.1, 0.15) is 13.2 Å². The van der Waals surface area contributed by atoms with E-state index in [4.69, 9.17) is 9.84 Å². The number of hydrogen-bond acceptors (Lipinski definition) is 3. The lowest BCUT2D eigenvalue weighted by atomic mass is 10.0. The number of fused-ring (bicyclic) bond motifs is 1. The Bertz CT molecular complexity index is 682. The van der Waals surface area contributed by atoms with Crippen molar-refractivity contribution in [2.24, 2.45) is 0 Å². The van der Waals surface area contributed by atoms with Gasteiger partial charge in [0.15, 0.2) is 0 Å². The number of nitrogens with zero attached hydrogens (tertiary/aromatic N) is 1. The van der Waals surface area contributed by atoms with Crippen molar-refractivity contribution in [1.29, 1.82) is 0 Å². The third-order valence-corrected chi connectivity index (χ3v) is 3.44. The molecule has 0 aromatic heterocycles. The normalized spacial score (nSPS) is 18.3. The van der Waals surface area contributed by atoms with Gasteiger partial charge in [0.05, 0.1) is 6.04 Å². The van der Waals surface area contributed by atoms with E-state index < -0.39 is 12.1 Å². The average Bonchev–Trinajstić information content (AvgIpc) is 2.79. The van der Waals surface area contributed by atoms with Gasteiger partial charge in [-0.15, -0.1) is 0 Å². The smallest absolute Gasteiger partial charge is 0.411 e. The summed E-state index contributed by atoms with van der Waals surface area (Å²) in [6.07, 6.45) is -0.578. The molecule has 0 aliphatic carbocycles. The molecule has 1 fully saturated rings. The maximum absolute atomic E-state index is 11.6. The molecule has 1 atom stereocenters. The molecule has 5 heteroatoms. The Morgan fingerprint density at radius 1 is 1.25 bits per heavy atom. The van der Waals surface area contributed by atoms with Crippen molar-refractivity contribution in [3.63, 3.8) is 0 Å². The molecule has 1 amide bonds. The number of rotatable bonds is 3. The quantitative estimate of drug-likeness (QED) is 0.931. The predicted molar refractivity (Wildman–Crippen MR) is 72.4 cm³/mol. The van der Waals surface area contributed by atoms with Crippen LogP contribution in [0.3, 0.4) is 0 Å². The van der Waals surface area contributed by atoms with Gasteiger partial charge in [-0.25, -0.2) is 4.79 Å². The van der Waals surface area contributed by atoms with Crippen LogP contribution in [0.1, 0.15) is 11.6 Å². The number of amides is 1. The molecule has 1 aliphatic rings. The zero-order valence-corrected chi connectivity index (χ0v) is 10.7. The van der Waals surface area contributed by atoms with E-state index in [1.165, 1.54) is 4.90 Å². The Kier molecular flexibility index (Phi) is 3.02. The first kappa shape index (κ1) is 12.5. The molecule has 3 rings (SSSR count). The Labute approximate surface area is 115 Å². The van der Waals surface area contributed by atoms with Crippen molar-refractivity contribution in [3.8, 4) is 0 Å². The van der Waals surface area contributed by atoms with Crippen LogP contribution in [0.4, 0.5) is 4.79 Å². The Balaban J connectivity index is 1.96. The van der Waals surface area contributed by atoms with Crippen LogP contribution in [0.25, 0.3) is 10.8 Å². The molecule has 1 saturated heterocycles. The van der Waals surface area contributed by atoms with Crippen molar-refractivity contribution in [2.45, 2.75) is 6.04 Å². The van der Waals surface area contributed by atoms with Crippen LogP contribution in [-0.2, 0) is 9.53 Å². The zero-order valence-electron chi connectivity index (χ0n) is 10.7. The van der Waals surface area contributed by atoms with Gasteiger partial charge in [0.25, 0.3) is 0 Å². The third-order valence-electron chi connectivity index (χ3n) is 3.44. The van der Waals surface area contributed by atoms with Crippen LogP contribution in [0, 0.1) is 0 Å². The molecule has 20 heavy (non-hydrogen) atoms. The summed E-state index contributed by atoms with van der Waals surface area (Å²) in [5.74, 6) is -1.05. The monoisotopic (exact) mass is 271 g/mol. The van der Waals surface area contributed by atoms with Crippen LogP contribution in [0.5, 0.6) is 0 Å². The van der Waals surface area contributed by atoms with E-state index in [1.54, 1.807) is 0 Å². The van der Waals surface area contributed by atoms with Crippen molar-refractivity contribution >= 4 is 22.8 Å². The number of cyclic esters (lactones) is 1. The fraction of sp³-hybridized carbons (Fsp3) is 0.200. The standard InChI is InChI=1S/C15H13NO4/c17-14(18)8-16-13(9-20-15(16)19)12-6-5-10-3-1-2-4-11(10)7-12/h1-7,13H,8-9H2,(H,17,18)/t13-/m1/s1.